The summed E-state index contributed by atoms with van der Waals surface area (Å²) in [6.45, 7) is 5.87. The van der Waals surface area contributed by atoms with E-state index in [9.17, 15) is 4.79 Å². The smallest absolute Gasteiger partial charge is 0.338 e. The number of carbonyl (C=O) groups excluding carboxylic acids is 1. The fraction of sp³-hybridized carbons (Fsp3) is 0.533. The lowest BCUT2D eigenvalue weighted by Crippen LogP contribution is -3.16. The first-order valence-electron chi connectivity index (χ1n) is 6.94. The molecule has 1 fully saturated rings. The lowest BCUT2D eigenvalue weighted by atomic mass is 10.2. The van der Waals surface area contributed by atoms with E-state index in [2.05, 4.69) is 5.01 Å². The Kier molecular flexibility index (Phi) is 4.56. The van der Waals surface area contributed by atoms with Crippen molar-refractivity contribution < 1.29 is 14.5 Å². The predicted molar refractivity (Wildman–Crippen MR) is 74.3 cm³/mol. The monoisotopic (exact) mass is 263 g/mol. The zero-order valence-corrected chi connectivity index (χ0v) is 12.0. The van der Waals surface area contributed by atoms with Gasteiger partial charge in [0.1, 0.15) is 5.75 Å². The van der Waals surface area contributed by atoms with Gasteiger partial charge in [0.25, 0.3) is 0 Å². The van der Waals surface area contributed by atoms with E-state index in [1.807, 2.05) is 38.1 Å². The van der Waals surface area contributed by atoms with Crippen LogP contribution in [0.25, 0.3) is 0 Å². The van der Waals surface area contributed by atoms with E-state index >= 15 is 0 Å². The van der Waals surface area contributed by atoms with Gasteiger partial charge < -0.3 is 4.74 Å². The van der Waals surface area contributed by atoms with Gasteiger partial charge in [0.15, 0.2) is 5.69 Å². The normalized spacial score (nSPS) is 17.7. The van der Waals surface area contributed by atoms with Crippen LogP contribution in [0.4, 0.5) is 5.69 Å². The van der Waals surface area contributed by atoms with E-state index < -0.39 is 0 Å². The molecule has 19 heavy (non-hydrogen) atoms. The van der Waals surface area contributed by atoms with Crippen molar-refractivity contribution in [3.63, 3.8) is 0 Å². The quantitative estimate of drug-likeness (QED) is 0.891. The molecular formula is C15H23N2O2+. The summed E-state index contributed by atoms with van der Waals surface area (Å²) in [7, 11) is 1.65. The summed E-state index contributed by atoms with van der Waals surface area (Å²) in [5.74, 6) is 1.03. The predicted octanol–water partition coefficient (Wildman–Crippen LogP) is 1.40. The highest BCUT2D eigenvalue weighted by Crippen LogP contribution is 2.15. The molecular weight excluding hydrogens is 240 g/mol. The minimum absolute atomic E-state index is 0.0156. The number of benzene rings is 1. The lowest BCUT2D eigenvalue weighted by Gasteiger charge is -2.26. The topological polar surface area (TPSA) is 34.0 Å². The summed E-state index contributed by atoms with van der Waals surface area (Å²) in [5.41, 5.74) is 0.972. The van der Waals surface area contributed by atoms with Crippen LogP contribution in [-0.2, 0) is 4.79 Å². The van der Waals surface area contributed by atoms with Crippen molar-refractivity contribution in [3.05, 3.63) is 24.3 Å². The Morgan fingerprint density at radius 2 is 2.00 bits per heavy atom. The van der Waals surface area contributed by atoms with E-state index in [4.69, 9.17) is 4.74 Å². The van der Waals surface area contributed by atoms with Crippen molar-refractivity contribution in [1.29, 1.82) is 0 Å². The molecule has 2 rings (SSSR count). The first-order valence-corrected chi connectivity index (χ1v) is 6.94. The zero-order chi connectivity index (χ0) is 13.8. The summed E-state index contributed by atoms with van der Waals surface area (Å²) in [6.07, 6.45) is 2.33. The van der Waals surface area contributed by atoms with Gasteiger partial charge in [-0.15, -0.1) is 5.01 Å². The molecule has 1 saturated heterocycles. The van der Waals surface area contributed by atoms with E-state index in [-0.39, 0.29) is 11.8 Å². The van der Waals surface area contributed by atoms with Gasteiger partial charge in [0, 0.05) is 25.2 Å². The molecule has 0 aromatic heterocycles. The van der Waals surface area contributed by atoms with E-state index in [0.717, 1.165) is 29.5 Å². The van der Waals surface area contributed by atoms with Crippen LogP contribution in [0.3, 0.4) is 0 Å². The summed E-state index contributed by atoms with van der Waals surface area (Å²) in [5, 5.41) is 3.07. The van der Waals surface area contributed by atoms with Gasteiger partial charge in [-0.2, -0.15) is 5.01 Å². The van der Waals surface area contributed by atoms with Gasteiger partial charge in [-0.05, 0) is 32.8 Å². The van der Waals surface area contributed by atoms with Crippen LogP contribution in [-0.4, -0.2) is 31.1 Å². The van der Waals surface area contributed by atoms with Crippen LogP contribution >= 0.6 is 0 Å². The van der Waals surface area contributed by atoms with E-state index in [1.54, 1.807) is 7.11 Å². The van der Waals surface area contributed by atoms with Crippen LogP contribution < -0.4 is 9.75 Å². The highest BCUT2D eigenvalue weighted by Gasteiger charge is 2.33. The highest BCUT2D eigenvalue weighted by molar-refractivity contribution is 5.71. The Morgan fingerprint density at radius 1 is 1.32 bits per heavy atom. The highest BCUT2D eigenvalue weighted by atomic mass is 16.5. The molecule has 1 aliphatic heterocycles. The number of hydrogen-bond acceptors (Lipinski definition) is 3. The number of carbonyl (C=O) groups is 1. The van der Waals surface area contributed by atoms with E-state index in [0.29, 0.717) is 0 Å². The van der Waals surface area contributed by atoms with Crippen LogP contribution in [0, 0.1) is 5.92 Å². The molecule has 0 bridgehead atoms. The molecule has 1 amide bonds. The standard InChI is InChI=1S/C15H22N2O2/c1-12(2)15(18)17(16-9-4-5-10-16)13-7-6-8-14(11-13)19-3/h6-8,11-12H,4-5,9-10H2,1-3H3/p+1. The van der Waals surface area contributed by atoms with Gasteiger partial charge in [-0.1, -0.05) is 6.07 Å². The van der Waals surface area contributed by atoms with Crippen molar-refractivity contribution in [1.82, 2.24) is 5.01 Å². The Morgan fingerprint density at radius 3 is 2.58 bits per heavy atom. The number of nitrogens with one attached hydrogen (secondary N) is 1. The van der Waals surface area contributed by atoms with Gasteiger partial charge in [0.05, 0.1) is 13.0 Å². The molecule has 4 nitrogen and oxygen atoms in total. The minimum Gasteiger partial charge on any atom is -0.497 e. The largest absolute Gasteiger partial charge is 0.497 e. The van der Waals surface area contributed by atoms with E-state index in [1.165, 1.54) is 12.8 Å². The molecule has 0 spiro atoms. The number of ether oxygens (including phenoxy) is 1. The first-order chi connectivity index (χ1) is 9.13. The molecule has 0 saturated carbocycles. The lowest BCUT2D eigenvalue weighted by molar-refractivity contribution is -0.885. The molecule has 1 heterocycles. The average Bonchev–Trinajstić information content (AvgIpc) is 2.93. The Labute approximate surface area is 114 Å². The second-order valence-corrected chi connectivity index (χ2v) is 5.29. The Balaban J connectivity index is 2.32. The average molecular weight is 263 g/mol. The molecule has 1 aliphatic rings. The molecule has 1 atom stereocenters. The Hall–Kier alpha value is -1.39. The van der Waals surface area contributed by atoms with Crippen molar-refractivity contribution in [2.75, 3.05) is 20.2 Å². The maximum atomic E-state index is 12.5. The molecule has 1 unspecified atom stereocenters. The third kappa shape index (κ3) is 3.14. The fourth-order valence-electron chi connectivity index (χ4n) is 2.47. The molecule has 4 heteroatoms. The van der Waals surface area contributed by atoms with Crippen LogP contribution in [0.1, 0.15) is 26.7 Å². The van der Waals surface area contributed by atoms with Crippen LogP contribution in [0.2, 0.25) is 0 Å². The number of methoxy groups -OCH3 is 1. The molecule has 0 aliphatic carbocycles. The maximum absolute atomic E-state index is 12.5. The van der Waals surface area contributed by atoms with Crippen molar-refractivity contribution in [2.45, 2.75) is 26.7 Å². The van der Waals surface area contributed by atoms with Gasteiger partial charge in [0.2, 0.25) is 0 Å². The molecule has 1 aromatic carbocycles. The second kappa shape index (κ2) is 6.17. The number of nitrogens with zero attached hydrogens (tertiary/aromatic N) is 1. The number of hydrogen-bond donors (Lipinski definition) is 1. The molecule has 1 aromatic rings. The fourth-order valence-corrected chi connectivity index (χ4v) is 2.47. The summed E-state index contributed by atoms with van der Waals surface area (Å²) in [4.78, 5) is 12.5. The van der Waals surface area contributed by atoms with Gasteiger partial charge in [-0.25, -0.2) is 4.79 Å². The third-order valence-electron chi connectivity index (χ3n) is 3.52. The van der Waals surface area contributed by atoms with Crippen LogP contribution in [0.5, 0.6) is 5.75 Å². The molecule has 1 N–H and O–H groups in total. The SMILES string of the molecule is COc1cccc([NH+](C(=O)C(C)C)N2CCCC2)c1. The van der Waals surface area contributed by atoms with Crippen molar-refractivity contribution in [2.24, 2.45) is 5.92 Å². The maximum Gasteiger partial charge on any atom is 0.338 e. The summed E-state index contributed by atoms with van der Waals surface area (Å²) >= 11 is 0. The third-order valence-corrected chi connectivity index (χ3v) is 3.52. The Bertz CT molecular complexity index is 440. The van der Waals surface area contributed by atoms with Crippen LogP contribution in [0.15, 0.2) is 24.3 Å². The van der Waals surface area contributed by atoms with Crippen molar-refractivity contribution >= 4 is 11.6 Å². The number of quaternary nitrogens is 1. The van der Waals surface area contributed by atoms with Gasteiger partial charge >= 0.3 is 5.91 Å². The van der Waals surface area contributed by atoms with Crippen molar-refractivity contribution in [3.8, 4) is 5.75 Å². The first kappa shape index (κ1) is 14.0. The second-order valence-electron chi connectivity index (χ2n) is 5.29. The summed E-state index contributed by atoms with van der Waals surface area (Å²) in [6, 6.07) is 7.80. The number of amides is 1. The van der Waals surface area contributed by atoms with Gasteiger partial charge in [-0.3, -0.25) is 0 Å². The zero-order valence-electron chi connectivity index (χ0n) is 12.0. The minimum atomic E-state index is 0.0156. The summed E-state index contributed by atoms with van der Waals surface area (Å²) < 4.78 is 5.26. The number of rotatable bonds is 4. The molecule has 0 radical (unpaired) electrons. The molecule has 104 valence electrons.